The molecule has 138 valence electrons. The lowest BCUT2D eigenvalue weighted by Crippen LogP contribution is -2.56. The van der Waals surface area contributed by atoms with Crippen molar-refractivity contribution in [1.82, 2.24) is 10.6 Å². The Bertz CT molecular complexity index is 819. The number of nitrogens with one attached hydrogen (secondary N) is 3. The SMILES string of the molecule is O=C(N[C@@H](NC(=S)Nc1ccccc1I)C(Cl)(Cl)Cl)c1ccccc1F. The van der Waals surface area contributed by atoms with Crippen molar-refractivity contribution in [3.8, 4) is 0 Å². The van der Waals surface area contributed by atoms with E-state index >= 15 is 0 Å². The van der Waals surface area contributed by atoms with Crippen LogP contribution in [0, 0.1) is 9.39 Å². The molecule has 0 saturated heterocycles. The van der Waals surface area contributed by atoms with E-state index in [9.17, 15) is 9.18 Å². The molecule has 0 unspecified atom stereocenters. The second-order valence-corrected chi connectivity index (χ2v) is 8.95. The van der Waals surface area contributed by atoms with Crippen LogP contribution in [0.4, 0.5) is 10.1 Å². The molecular weight excluding hydrogens is 535 g/mol. The third kappa shape index (κ3) is 6.09. The van der Waals surface area contributed by atoms with Crippen LogP contribution in [0.5, 0.6) is 0 Å². The topological polar surface area (TPSA) is 53.2 Å². The Hall–Kier alpha value is -0.870. The summed E-state index contributed by atoms with van der Waals surface area (Å²) in [6.07, 6.45) is -1.19. The van der Waals surface area contributed by atoms with Crippen LogP contribution in [0.1, 0.15) is 10.4 Å². The number of hydrogen-bond donors (Lipinski definition) is 3. The molecule has 0 saturated carbocycles. The minimum atomic E-state index is -1.93. The minimum absolute atomic E-state index is 0.124. The van der Waals surface area contributed by atoms with Crippen LogP contribution in [-0.2, 0) is 0 Å². The third-order valence-corrected chi connectivity index (χ3v) is 4.93. The van der Waals surface area contributed by atoms with Crippen molar-refractivity contribution in [1.29, 1.82) is 0 Å². The van der Waals surface area contributed by atoms with Crippen LogP contribution in [0.2, 0.25) is 0 Å². The number of para-hydroxylation sites is 1. The van der Waals surface area contributed by atoms with Gasteiger partial charge in [-0.25, -0.2) is 4.39 Å². The molecule has 0 radical (unpaired) electrons. The Morgan fingerprint density at radius 1 is 1.08 bits per heavy atom. The molecule has 0 aliphatic rings. The highest BCUT2D eigenvalue weighted by atomic mass is 127. The molecule has 0 fully saturated rings. The van der Waals surface area contributed by atoms with Crippen LogP contribution in [0.25, 0.3) is 0 Å². The molecule has 4 nitrogen and oxygen atoms in total. The molecular formula is C16H12Cl3FIN3OS. The van der Waals surface area contributed by atoms with Crippen molar-refractivity contribution in [3.05, 3.63) is 63.5 Å². The average Bonchev–Trinajstić information content (AvgIpc) is 2.56. The van der Waals surface area contributed by atoms with E-state index in [-0.39, 0.29) is 10.7 Å². The summed E-state index contributed by atoms with van der Waals surface area (Å²) in [5, 5.41) is 8.22. The molecule has 0 aromatic heterocycles. The summed E-state index contributed by atoms with van der Waals surface area (Å²) in [5.74, 6) is -1.43. The molecule has 0 aliphatic carbocycles. The number of hydrogen-bond acceptors (Lipinski definition) is 2. The van der Waals surface area contributed by atoms with Gasteiger partial charge in [-0.3, -0.25) is 4.79 Å². The third-order valence-electron chi connectivity index (χ3n) is 3.12. The van der Waals surface area contributed by atoms with Gasteiger partial charge in [0.2, 0.25) is 3.79 Å². The van der Waals surface area contributed by atoms with E-state index in [1.54, 1.807) is 0 Å². The van der Waals surface area contributed by atoms with Crippen LogP contribution < -0.4 is 16.0 Å². The number of thiocarbonyl (C=S) groups is 1. The summed E-state index contributed by atoms with van der Waals surface area (Å²) in [5.41, 5.74) is 0.569. The van der Waals surface area contributed by atoms with Gasteiger partial charge in [0.25, 0.3) is 5.91 Å². The predicted molar refractivity (Wildman–Crippen MR) is 116 cm³/mol. The number of benzene rings is 2. The highest BCUT2D eigenvalue weighted by Crippen LogP contribution is 2.29. The van der Waals surface area contributed by atoms with Gasteiger partial charge in [-0.1, -0.05) is 59.1 Å². The molecule has 0 bridgehead atoms. The van der Waals surface area contributed by atoms with Gasteiger partial charge in [0.05, 0.1) is 11.3 Å². The molecule has 2 aromatic carbocycles. The van der Waals surface area contributed by atoms with E-state index in [4.69, 9.17) is 47.0 Å². The fourth-order valence-electron chi connectivity index (χ4n) is 1.91. The zero-order valence-electron chi connectivity index (χ0n) is 12.9. The quantitative estimate of drug-likeness (QED) is 0.222. The standard InChI is InChI=1S/C16H12Cl3FIN3OS/c17-16(18,19)14(23-13(25)9-5-1-2-6-10(9)20)24-15(26)22-12-8-4-3-7-11(12)21/h1-8,14H,(H,23,25)(H2,22,24,26)/t14-/m0/s1. The Morgan fingerprint density at radius 2 is 1.69 bits per heavy atom. The first-order chi connectivity index (χ1) is 12.2. The molecule has 2 aromatic rings. The Balaban J connectivity index is 2.10. The highest BCUT2D eigenvalue weighted by Gasteiger charge is 2.35. The van der Waals surface area contributed by atoms with Crippen molar-refractivity contribution in [2.24, 2.45) is 0 Å². The van der Waals surface area contributed by atoms with Gasteiger partial charge in [0.15, 0.2) is 5.11 Å². The Labute approximate surface area is 183 Å². The maximum absolute atomic E-state index is 13.8. The first-order valence-electron chi connectivity index (χ1n) is 7.12. The number of rotatable bonds is 4. The number of carbonyl (C=O) groups excluding carboxylic acids is 1. The van der Waals surface area contributed by atoms with Gasteiger partial charge in [-0.15, -0.1) is 0 Å². The van der Waals surface area contributed by atoms with Crippen molar-refractivity contribution >= 4 is 86.3 Å². The van der Waals surface area contributed by atoms with E-state index in [1.165, 1.54) is 18.2 Å². The number of anilines is 1. The van der Waals surface area contributed by atoms with Gasteiger partial charge in [0.1, 0.15) is 12.0 Å². The maximum atomic E-state index is 13.8. The van der Waals surface area contributed by atoms with Crippen molar-refractivity contribution < 1.29 is 9.18 Å². The molecule has 1 atom stereocenters. The van der Waals surface area contributed by atoms with Crippen LogP contribution in [-0.4, -0.2) is 21.0 Å². The lowest BCUT2D eigenvalue weighted by molar-refractivity contribution is 0.0930. The van der Waals surface area contributed by atoms with Crippen LogP contribution in [0.15, 0.2) is 48.5 Å². The van der Waals surface area contributed by atoms with Gasteiger partial charge in [-0.05, 0) is 59.1 Å². The van der Waals surface area contributed by atoms with E-state index < -0.39 is 21.7 Å². The number of halogens is 5. The highest BCUT2D eigenvalue weighted by molar-refractivity contribution is 14.1. The second kappa shape index (κ2) is 9.36. The predicted octanol–water partition coefficient (Wildman–Crippen LogP) is 4.84. The van der Waals surface area contributed by atoms with Gasteiger partial charge < -0.3 is 16.0 Å². The lowest BCUT2D eigenvalue weighted by atomic mass is 10.2. The van der Waals surface area contributed by atoms with Gasteiger partial charge in [-0.2, -0.15) is 0 Å². The van der Waals surface area contributed by atoms with Gasteiger partial charge >= 0.3 is 0 Å². The van der Waals surface area contributed by atoms with Crippen molar-refractivity contribution in [3.63, 3.8) is 0 Å². The summed E-state index contributed by atoms with van der Waals surface area (Å²) in [7, 11) is 0. The van der Waals surface area contributed by atoms with Crippen LogP contribution >= 0.6 is 69.6 Å². The molecule has 2 rings (SSSR count). The van der Waals surface area contributed by atoms with E-state index in [0.717, 1.165) is 15.3 Å². The second-order valence-electron chi connectivity index (χ2n) is 5.01. The molecule has 10 heteroatoms. The normalized spacial score (nSPS) is 12.2. The fourth-order valence-corrected chi connectivity index (χ4v) is 2.98. The fraction of sp³-hybridized carbons (Fsp3) is 0.125. The first kappa shape index (κ1) is 21.4. The number of amides is 1. The van der Waals surface area contributed by atoms with Gasteiger partial charge in [0, 0.05) is 3.57 Å². The lowest BCUT2D eigenvalue weighted by Gasteiger charge is -2.28. The zero-order valence-corrected chi connectivity index (χ0v) is 18.1. The van der Waals surface area contributed by atoms with E-state index in [2.05, 4.69) is 38.5 Å². The number of alkyl halides is 3. The average molecular weight is 547 g/mol. The molecule has 0 spiro atoms. The monoisotopic (exact) mass is 545 g/mol. The zero-order chi connectivity index (χ0) is 19.3. The maximum Gasteiger partial charge on any atom is 0.255 e. The summed E-state index contributed by atoms with van der Waals surface area (Å²) in [4.78, 5) is 12.3. The molecule has 0 heterocycles. The summed E-state index contributed by atoms with van der Waals surface area (Å²) < 4.78 is 12.8. The summed E-state index contributed by atoms with van der Waals surface area (Å²) in [6, 6.07) is 12.9. The molecule has 26 heavy (non-hydrogen) atoms. The molecule has 1 amide bonds. The van der Waals surface area contributed by atoms with Crippen molar-refractivity contribution in [2.45, 2.75) is 9.96 Å². The smallest absolute Gasteiger partial charge is 0.255 e. The van der Waals surface area contributed by atoms with E-state index in [1.807, 2.05) is 24.3 Å². The summed E-state index contributed by atoms with van der Waals surface area (Å²) in [6.45, 7) is 0. The summed E-state index contributed by atoms with van der Waals surface area (Å²) >= 11 is 25.1. The molecule has 0 aliphatic heterocycles. The largest absolute Gasteiger partial charge is 0.339 e. The van der Waals surface area contributed by atoms with Crippen molar-refractivity contribution in [2.75, 3.05) is 5.32 Å². The van der Waals surface area contributed by atoms with E-state index in [0.29, 0.717) is 0 Å². The Kier molecular flexibility index (Phi) is 7.72. The Morgan fingerprint density at radius 3 is 2.31 bits per heavy atom. The first-order valence-corrected chi connectivity index (χ1v) is 9.74. The molecule has 3 N–H and O–H groups in total. The van der Waals surface area contributed by atoms with Crippen LogP contribution in [0.3, 0.4) is 0 Å². The number of carbonyl (C=O) groups is 1. The minimum Gasteiger partial charge on any atom is -0.339 e.